The van der Waals surface area contributed by atoms with Gasteiger partial charge in [-0.15, -0.1) is 0 Å². The molecule has 1 aromatic heterocycles. The van der Waals surface area contributed by atoms with Crippen LogP contribution in [0.5, 0.6) is 0 Å². The normalized spacial score (nSPS) is 17.3. The van der Waals surface area contributed by atoms with Crippen molar-refractivity contribution in [2.45, 2.75) is 23.8 Å². The van der Waals surface area contributed by atoms with Crippen LogP contribution in [0, 0.1) is 0 Å². The molecule has 0 saturated heterocycles. The third kappa shape index (κ3) is 1.88. The lowest BCUT2D eigenvalue weighted by Gasteiger charge is -2.00. The molecule has 1 aromatic rings. The van der Waals surface area contributed by atoms with Crippen LogP contribution < -0.4 is 0 Å². The highest BCUT2D eigenvalue weighted by Crippen LogP contribution is 2.40. The Hall–Kier alpha value is -0.900. The molecule has 0 unspecified atom stereocenters. The Bertz CT molecular complexity index is 421. The number of aromatic nitrogens is 1. The van der Waals surface area contributed by atoms with Crippen LogP contribution in [0.4, 0.5) is 0 Å². The Morgan fingerprint density at radius 1 is 1.46 bits per heavy atom. The molecular formula is C9H11NO2S. The molecule has 0 atom stereocenters. The van der Waals surface area contributed by atoms with Gasteiger partial charge in [0.05, 0.1) is 0 Å². The summed E-state index contributed by atoms with van der Waals surface area (Å²) >= 11 is 0. The van der Waals surface area contributed by atoms with E-state index in [1.165, 1.54) is 19.1 Å². The largest absolute Gasteiger partial charge is 0.245 e. The van der Waals surface area contributed by atoms with Gasteiger partial charge in [-0.05, 0) is 36.5 Å². The van der Waals surface area contributed by atoms with Crippen molar-refractivity contribution < 1.29 is 8.42 Å². The van der Waals surface area contributed by atoms with E-state index in [1.54, 1.807) is 12.3 Å². The summed E-state index contributed by atoms with van der Waals surface area (Å²) in [6.45, 7) is 0. The van der Waals surface area contributed by atoms with Crippen LogP contribution in [0.25, 0.3) is 0 Å². The SMILES string of the molecule is CS(=O)(=O)c1cc(C2CC2)ccn1. The molecule has 0 radical (unpaired) electrons. The lowest BCUT2D eigenvalue weighted by atomic mass is 10.2. The van der Waals surface area contributed by atoms with Gasteiger partial charge in [-0.3, -0.25) is 0 Å². The molecule has 0 aromatic carbocycles. The van der Waals surface area contributed by atoms with Crippen LogP contribution in [0.15, 0.2) is 23.4 Å². The van der Waals surface area contributed by atoms with E-state index in [0.29, 0.717) is 5.92 Å². The zero-order valence-electron chi connectivity index (χ0n) is 7.40. The van der Waals surface area contributed by atoms with E-state index in [1.807, 2.05) is 6.07 Å². The zero-order chi connectivity index (χ0) is 9.47. The van der Waals surface area contributed by atoms with Gasteiger partial charge >= 0.3 is 0 Å². The standard InChI is InChI=1S/C9H11NO2S/c1-13(11,12)9-6-8(4-5-10-9)7-2-3-7/h4-7H,2-3H2,1H3. The molecule has 2 rings (SSSR count). The average molecular weight is 197 g/mol. The summed E-state index contributed by atoms with van der Waals surface area (Å²) in [6.07, 6.45) is 5.11. The molecule has 0 aliphatic heterocycles. The summed E-state index contributed by atoms with van der Waals surface area (Å²) in [5.41, 5.74) is 1.11. The fourth-order valence-electron chi connectivity index (χ4n) is 1.30. The number of nitrogens with zero attached hydrogens (tertiary/aromatic N) is 1. The van der Waals surface area contributed by atoms with E-state index in [9.17, 15) is 8.42 Å². The molecule has 0 amide bonds. The second-order valence-electron chi connectivity index (χ2n) is 3.47. The molecule has 1 heterocycles. The van der Waals surface area contributed by atoms with Gasteiger partial charge in [-0.2, -0.15) is 0 Å². The molecule has 0 N–H and O–H groups in total. The third-order valence-electron chi connectivity index (χ3n) is 2.19. The lowest BCUT2D eigenvalue weighted by molar-refractivity contribution is 0.598. The summed E-state index contributed by atoms with van der Waals surface area (Å²) in [5, 5.41) is 0.192. The molecule has 13 heavy (non-hydrogen) atoms. The van der Waals surface area contributed by atoms with Crippen LogP contribution in [-0.2, 0) is 9.84 Å². The van der Waals surface area contributed by atoms with Crippen molar-refractivity contribution >= 4 is 9.84 Å². The van der Waals surface area contributed by atoms with E-state index in [4.69, 9.17) is 0 Å². The summed E-state index contributed by atoms with van der Waals surface area (Å²) in [4.78, 5) is 3.83. The van der Waals surface area contributed by atoms with Gasteiger partial charge in [-0.25, -0.2) is 13.4 Å². The van der Waals surface area contributed by atoms with E-state index < -0.39 is 9.84 Å². The predicted octanol–water partition coefficient (Wildman–Crippen LogP) is 1.36. The summed E-state index contributed by atoms with van der Waals surface area (Å²) < 4.78 is 22.3. The highest BCUT2D eigenvalue weighted by atomic mass is 32.2. The van der Waals surface area contributed by atoms with Crippen molar-refractivity contribution in [1.29, 1.82) is 0 Å². The Morgan fingerprint density at radius 3 is 2.69 bits per heavy atom. The summed E-state index contributed by atoms with van der Waals surface area (Å²) in [7, 11) is -3.14. The van der Waals surface area contributed by atoms with Gasteiger partial charge in [0.25, 0.3) is 0 Å². The Labute approximate surface area is 77.7 Å². The molecule has 4 heteroatoms. The zero-order valence-corrected chi connectivity index (χ0v) is 8.21. The molecule has 1 saturated carbocycles. The van der Waals surface area contributed by atoms with Gasteiger partial charge < -0.3 is 0 Å². The molecule has 1 fully saturated rings. The fourth-order valence-corrected chi connectivity index (χ4v) is 1.90. The maximum atomic E-state index is 11.2. The average Bonchev–Trinajstić information content (AvgIpc) is 2.85. The number of hydrogen-bond donors (Lipinski definition) is 0. The van der Waals surface area contributed by atoms with E-state index in [2.05, 4.69) is 4.98 Å². The molecule has 3 nitrogen and oxygen atoms in total. The molecule has 1 aliphatic rings. The Kier molecular flexibility index (Phi) is 1.87. The van der Waals surface area contributed by atoms with Crippen molar-refractivity contribution in [2.75, 3.05) is 6.26 Å². The highest BCUT2D eigenvalue weighted by Gasteiger charge is 2.24. The maximum absolute atomic E-state index is 11.2. The number of rotatable bonds is 2. The van der Waals surface area contributed by atoms with Crippen molar-refractivity contribution in [3.8, 4) is 0 Å². The second-order valence-corrected chi connectivity index (χ2v) is 5.44. The van der Waals surface area contributed by atoms with Crippen molar-refractivity contribution in [2.24, 2.45) is 0 Å². The summed E-state index contributed by atoms with van der Waals surface area (Å²) in [6, 6.07) is 3.58. The van der Waals surface area contributed by atoms with Gasteiger partial charge in [0.15, 0.2) is 14.9 Å². The van der Waals surface area contributed by atoms with Gasteiger partial charge in [0.2, 0.25) is 0 Å². The van der Waals surface area contributed by atoms with Crippen LogP contribution in [0.2, 0.25) is 0 Å². The monoisotopic (exact) mass is 197 g/mol. The maximum Gasteiger partial charge on any atom is 0.192 e. The molecule has 0 bridgehead atoms. The van der Waals surface area contributed by atoms with Gasteiger partial charge in [0.1, 0.15) is 0 Å². The summed E-state index contributed by atoms with van der Waals surface area (Å²) in [5.74, 6) is 0.573. The van der Waals surface area contributed by atoms with Crippen LogP contribution in [0.3, 0.4) is 0 Å². The second kappa shape index (κ2) is 2.80. The molecule has 1 aliphatic carbocycles. The van der Waals surface area contributed by atoms with E-state index >= 15 is 0 Å². The number of hydrogen-bond acceptors (Lipinski definition) is 3. The minimum atomic E-state index is -3.14. The van der Waals surface area contributed by atoms with E-state index in [-0.39, 0.29) is 5.03 Å². The van der Waals surface area contributed by atoms with Crippen molar-refractivity contribution in [3.63, 3.8) is 0 Å². The first-order valence-corrected chi connectivity index (χ1v) is 6.12. The van der Waals surface area contributed by atoms with Gasteiger partial charge in [-0.1, -0.05) is 0 Å². The van der Waals surface area contributed by atoms with Gasteiger partial charge in [0, 0.05) is 12.5 Å². The smallest absolute Gasteiger partial charge is 0.192 e. The first-order chi connectivity index (χ1) is 6.07. The first kappa shape index (κ1) is 8.69. The number of sulfone groups is 1. The van der Waals surface area contributed by atoms with Crippen molar-refractivity contribution in [1.82, 2.24) is 4.98 Å². The quantitative estimate of drug-likeness (QED) is 0.719. The fraction of sp³-hybridized carbons (Fsp3) is 0.444. The minimum Gasteiger partial charge on any atom is -0.245 e. The molecule has 0 spiro atoms. The first-order valence-electron chi connectivity index (χ1n) is 4.23. The highest BCUT2D eigenvalue weighted by molar-refractivity contribution is 7.90. The Balaban J connectivity index is 2.43. The molecular weight excluding hydrogens is 186 g/mol. The van der Waals surface area contributed by atoms with Crippen LogP contribution in [-0.4, -0.2) is 19.7 Å². The topological polar surface area (TPSA) is 47.0 Å². The van der Waals surface area contributed by atoms with Crippen LogP contribution >= 0.6 is 0 Å². The predicted molar refractivity (Wildman–Crippen MR) is 49.3 cm³/mol. The van der Waals surface area contributed by atoms with Crippen molar-refractivity contribution in [3.05, 3.63) is 23.9 Å². The third-order valence-corrected chi connectivity index (χ3v) is 3.17. The Morgan fingerprint density at radius 2 is 2.15 bits per heavy atom. The molecule has 70 valence electrons. The minimum absolute atomic E-state index is 0.192. The lowest BCUT2D eigenvalue weighted by Crippen LogP contribution is -2.00. The number of pyridine rings is 1. The van der Waals surface area contributed by atoms with Crippen LogP contribution in [0.1, 0.15) is 24.3 Å². The van der Waals surface area contributed by atoms with E-state index in [0.717, 1.165) is 5.56 Å².